The third-order valence-electron chi connectivity index (χ3n) is 3.14. The standard InChI is InChI=1S/C16H13FN4O/c17-12-4-6-13(7-5-12)20-16(22)15-11(10-19-21-15)9-14-3-1-2-8-18-14/h1-8,10H,9H2,(H,19,21)(H,20,22). The molecule has 6 heteroatoms. The zero-order valence-corrected chi connectivity index (χ0v) is 11.6. The second-order valence-electron chi connectivity index (χ2n) is 4.73. The second-order valence-corrected chi connectivity index (χ2v) is 4.73. The van der Waals surface area contributed by atoms with Crippen molar-refractivity contribution in [1.29, 1.82) is 0 Å². The van der Waals surface area contributed by atoms with Gasteiger partial charge >= 0.3 is 0 Å². The Hall–Kier alpha value is -3.02. The molecule has 0 aliphatic carbocycles. The number of nitrogens with one attached hydrogen (secondary N) is 2. The van der Waals surface area contributed by atoms with Gasteiger partial charge in [0.05, 0.1) is 6.20 Å². The predicted molar refractivity (Wildman–Crippen MR) is 80.0 cm³/mol. The summed E-state index contributed by atoms with van der Waals surface area (Å²) in [6, 6.07) is 11.2. The Morgan fingerprint density at radius 1 is 1.18 bits per heavy atom. The topological polar surface area (TPSA) is 70.7 Å². The van der Waals surface area contributed by atoms with Crippen molar-refractivity contribution in [3.8, 4) is 0 Å². The first-order valence-electron chi connectivity index (χ1n) is 6.71. The number of nitrogens with zero attached hydrogens (tertiary/aromatic N) is 2. The maximum absolute atomic E-state index is 12.9. The molecule has 3 rings (SSSR count). The first-order valence-corrected chi connectivity index (χ1v) is 6.71. The Labute approximate surface area is 126 Å². The highest BCUT2D eigenvalue weighted by Gasteiger charge is 2.14. The fourth-order valence-corrected chi connectivity index (χ4v) is 2.07. The van der Waals surface area contributed by atoms with Crippen molar-refractivity contribution in [1.82, 2.24) is 15.2 Å². The van der Waals surface area contributed by atoms with Crippen molar-refractivity contribution in [2.75, 3.05) is 5.32 Å². The van der Waals surface area contributed by atoms with Gasteiger partial charge in [-0.05, 0) is 36.4 Å². The van der Waals surface area contributed by atoms with E-state index < -0.39 is 0 Å². The van der Waals surface area contributed by atoms with Gasteiger partial charge in [0.15, 0.2) is 0 Å². The van der Waals surface area contributed by atoms with Gasteiger partial charge in [0.25, 0.3) is 5.91 Å². The fourth-order valence-electron chi connectivity index (χ4n) is 2.07. The van der Waals surface area contributed by atoms with E-state index in [-0.39, 0.29) is 11.7 Å². The van der Waals surface area contributed by atoms with Gasteiger partial charge in [0, 0.05) is 29.6 Å². The van der Waals surface area contributed by atoms with Gasteiger partial charge < -0.3 is 5.32 Å². The average Bonchev–Trinajstić information content (AvgIpc) is 2.99. The molecule has 0 saturated carbocycles. The Morgan fingerprint density at radius 2 is 2.00 bits per heavy atom. The van der Waals surface area contributed by atoms with Crippen LogP contribution >= 0.6 is 0 Å². The maximum atomic E-state index is 12.9. The van der Waals surface area contributed by atoms with Gasteiger partial charge in [0.2, 0.25) is 0 Å². The van der Waals surface area contributed by atoms with Crippen LogP contribution < -0.4 is 5.32 Å². The van der Waals surface area contributed by atoms with Crippen molar-refractivity contribution in [3.63, 3.8) is 0 Å². The van der Waals surface area contributed by atoms with Crippen LogP contribution in [-0.2, 0) is 6.42 Å². The largest absolute Gasteiger partial charge is 0.321 e. The molecule has 0 atom stereocenters. The first-order chi connectivity index (χ1) is 10.7. The Balaban J connectivity index is 1.76. The summed E-state index contributed by atoms with van der Waals surface area (Å²) in [6.07, 6.45) is 3.81. The lowest BCUT2D eigenvalue weighted by molar-refractivity contribution is 0.102. The molecule has 22 heavy (non-hydrogen) atoms. The van der Waals surface area contributed by atoms with Crippen LogP contribution in [0.2, 0.25) is 0 Å². The van der Waals surface area contributed by atoms with Crippen molar-refractivity contribution >= 4 is 11.6 Å². The molecule has 0 fully saturated rings. The number of benzene rings is 1. The first kappa shape index (κ1) is 13.9. The van der Waals surface area contributed by atoms with Crippen LogP contribution in [0.5, 0.6) is 0 Å². The number of hydrogen-bond acceptors (Lipinski definition) is 3. The van der Waals surface area contributed by atoms with Crippen LogP contribution in [0.4, 0.5) is 10.1 Å². The summed E-state index contributed by atoms with van der Waals surface area (Å²) in [5, 5.41) is 9.32. The molecule has 1 aromatic carbocycles. The molecule has 0 saturated heterocycles. The van der Waals surface area contributed by atoms with Crippen LogP contribution in [0.25, 0.3) is 0 Å². The second kappa shape index (κ2) is 6.17. The monoisotopic (exact) mass is 296 g/mol. The molecule has 0 unspecified atom stereocenters. The minimum Gasteiger partial charge on any atom is -0.321 e. The Bertz CT molecular complexity index is 768. The van der Waals surface area contributed by atoms with Gasteiger partial charge in [-0.1, -0.05) is 6.07 Å². The van der Waals surface area contributed by atoms with Crippen molar-refractivity contribution < 1.29 is 9.18 Å². The number of amides is 1. The van der Waals surface area contributed by atoms with E-state index in [1.54, 1.807) is 12.4 Å². The SMILES string of the molecule is O=C(Nc1ccc(F)cc1)c1[nH]ncc1Cc1ccccn1. The Morgan fingerprint density at radius 3 is 2.73 bits per heavy atom. The van der Waals surface area contributed by atoms with Crippen LogP contribution in [0.15, 0.2) is 54.9 Å². The number of aromatic nitrogens is 3. The molecule has 0 aliphatic heterocycles. The average molecular weight is 296 g/mol. The molecule has 1 amide bonds. The summed E-state index contributed by atoms with van der Waals surface area (Å²) in [5.74, 6) is -0.676. The minimum atomic E-state index is -0.351. The van der Waals surface area contributed by atoms with Crippen LogP contribution in [-0.4, -0.2) is 21.1 Å². The van der Waals surface area contributed by atoms with E-state index in [9.17, 15) is 9.18 Å². The number of aromatic amines is 1. The van der Waals surface area contributed by atoms with Gasteiger partial charge in [-0.3, -0.25) is 14.9 Å². The lowest BCUT2D eigenvalue weighted by Gasteiger charge is -2.05. The van der Waals surface area contributed by atoms with E-state index >= 15 is 0 Å². The number of carbonyl (C=O) groups excluding carboxylic acids is 1. The lowest BCUT2D eigenvalue weighted by Crippen LogP contribution is -2.14. The summed E-state index contributed by atoms with van der Waals surface area (Å²) in [6.45, 7) is 0. The summed E-state index contributed by atoms with van der Waals surface area (Å²) < 4.78 is 12.9. The number of H-pyrrole nitrogens is 1. The molecule has 0 spiro atoms. The molecular formula is C16H13FN4O. The van der Waals surface area contributed by atoms with E-state index in [1.165, 1.54) is 24.3 Å². The van der Waals surface area contributed by atoms with Crippen molar-refractivity contribution in [2.24, 2.45) is 0 Å². The van der Waals surface area contributed by atoms with Crippen LogP contribution in [0, 0.1) is 5.82 Å². The normalized spacial score (nSPS) is 10.4. The molecule has 2 heterocycles. The van der Waals surface area contributed by atoms with Gasteiger partial charge in [-0.25, -0.2) is 4.39 Å². The molecule has 2 aromatic heterocycles. The number of rotatable bonds is 4. The highest BCUT2D eigenvalue weighted by molar-refractivity contribution is 6.03. The number of hydrogen-bond donors (Lipinski definition) is 2. The van der Waals surface area contributed by atoms with Crippen molar-refractivity contribution in [2.45, 2.75) is 6.42 Å². The fraction of sp³-hybridized carbons (Fsp3) is 0.0625. The molecule has 2 N–H and O–H groups in total. The smallest absolute Gasteiger partial charge is 0.273 e. The third-order valence-corrected chi connectivity index (χ3v) is 3.14. The highest BCUT2D eigenvalue weighted by atomic mass is 19.1. The van der Waals surface area contributed by atoms with Crippen LogP contribution in [0.1, 0.15) is 21.7 Å². The van der Waals surface area contributed by atoms with Gasteiger partial charge in [-0.2, -0.15) is 5.10 Å². The summed E-state index contributed by atoms with van der Waals surface area (Å²) in [5.41, 5.74) is 2.48. The molecule has 110 valence electrons. The van der Waals surface area contributed by atoms with E-state index in [0.29, 0.717) is 17.8 Å². The highest BCUT2D eigenvalue weighted by Crippen LogP contribution is 2.14. The zero-order chi connectivity index (χ0) is 15.4. The summed E-state index contributed by atoms with van der Waals surface area (Å²) >= 11 is 0. The predicted octanol–water partition coefficient (Wildman–Crippen LogP) is 2.79. The lowest BCUT2D eigenvalue weighted by atomic mass is 10.1. The van der Waals surface area contributed by atoms with Gasteiger partial charge in [0.1, 0.15) is 11.5 Å². The zero-order valence-electron chi connectivity index (χ0n) is 11.6. The van der Waals surface area contributed by atoms with Crippen molar-refractivity contribution in [3.05, 3.63) is 77.6 Å². The molecule has 5 nitrogen and oxygen atoms in total. The van der Waals surface area contributed by atoms with Gasteiger partial charge in [-0.15, -0.1) is 0 Å². The van der Waals surface area contributed by atoms with Crippen LogP contribution in [0.3, 0.4) is 0 Å². The van der Waals surface area contributed by atoms with E-state index in [2.05, 4.69) is 20.5 Å². The molecular weight excluding hydrogens is 283 g/mol. The minimum absolute atomic E-state index is 0.324. The number of pyridine rings is 1. The summed E-state index contributed by atoms with van der Waals surface area (Å²) in [4.78, 5) is 16.5. The summed E-state index contributed by atoms with van der Waals surface area (Å²) in [7, 11) is 0. The molecule has 3 aromatic rings. The number of halogens is 1. The number of carbonyl (C=O) groups is 1. The molecule has 0 bridgehead atoms. The Kier molecular flexibility index (Phi) is 3.91. The van der Waals surface area contributed by atoms with E-state index in [1.807, 2.05) is 18.2 Å². The number of anilines is 1. The third kappa shape index (κ3) is 3.17. The molecule has 0 radical (unpaired) electrons. The van der Waals surface area contributed by atoms with E-state index in [4.69, 9.17) is 0 Å². The van der Waals surface area contributed by atoms with E-state index in [0.717, 1.165) is 11.3 Å². The molecule has 0 aliphatic rings. The maximum Gasteiger partial charge on any atom is 0.273 e. The quantitative estimate of drug-likeness (QED) is 0.777.